The number of fused-ring (bicyclic) bond motifs is 1. The Morgan fingerprint density at radius 2 is 1.80 bits per heavy atom. The first-order valence-corrected chi connectivity index (χ1v) is 8.19. The summed E-state index contributed by atoms with van der Waals surface area (Å²) in [4.78, 5) is 0. The normalized spacial score (nSPS) is 18.1. The van der Waals surface area contributed by atoms with E-state index in [1.165, 1.54) is 10.8 Å². The first kappa shape index (κ1) is 13.9. The van der Waals surface area contributed by atoms with Gasteiger partial charge in [-0.1, -0.05) is 46.3 Å². The van der Waals surface area contributed by atoms with Gasteiger partial charge in [0, 0.05) is 24.0 Å². The molecule has 1 aliphatic rings. The maximum atomic E-state index is 6.06. The van der Waals surface area contributed by atoms with Crippen LogP contribution in [-0.2, 0) is 4.74 Å². The average Bonchev–Trinajstić information content (AvgIpc) is 2.54. The summed E-state index contributed by atoms with van der Waals surface area (Å²) in [6.45, 7) is 2.43. The van der Waals surface area contributed by atoms with Crippen molar-refractivity contribution in [3.05, 3.63) is 42.5 Å². The van der Waals surface area contributed by atoms with E-state index in [0.29, 0.717) is 0 Å². The second kappa shape index (κ2) is 6.15. The molecule has 2 nitrogen and oxygen atoms in total. The summed E-state index contributed by atoms with van der Waals surface area (Å²) in [5.74, 6) is 0.954. The number of ether oxygens (including phenoxy) is 2. The van der Waals surface area contributed by atoms with E-state index < -0.39 is 0 Å². The minimum atomic E-state index is 0.212. The van der Waals surface area contributed by atoms with Gasteiger partial charge in [0.05, 0.1) is 6.61 Å². The number of hydrogen-bond acceptors (Lipinski definition) is 2. The van der Waals surface area contributed by atoms with Crippen molar-refractivity contribution in [1.82, 2.24) is 0 Å². The summed E-state index contributed by atoms with van der Waals surface area (Å²) in [5, 5.41) is 3.45. The van der Waals surface area contributed by atoms with Crippen LogP contribution in [0.15, 0.2) is 42.5 Å². The second-order valence-corrected chi connectivity index (χ2v) is 6.10. The van der Waals surface area contributed by atoms with Crippen LogP contribution >= 0.6 is 15.9 Å². The van der Waals surface area contributed by atoms with Crippen molar-refractivity contribution in [3.63, 3.8) is 0 Å². The van der Waals surface area contributed by atoms with E-state index in [1.807, 2.05) is 0 Å². The molecule has 0 atom stereocenters. The topological polar surface area (TPSA) is 18.5 Å². The summed E-state index contributed by atoms with van der Waals surface area (Å²) in [5.41, 5.74) is 0.212. The molecular formula is C17H19BrO2. The lowest BCUT2D eigenvalue weighted by molar-refractivity contribution is 0.00357. The van der Waals surface area contributed by atoms with Crippen molar-refractivity contribution in [2.24, 2.45) is 5.41 Å². The van der Waals surface area contributed by atoms with Crippen LogP contribution in [0.3, 0.4) is 0 Å². The smallest absolute Gasteiger partial charge is 0.119 e. The summed E-state index contributed by atoms with van der Waals surface area (Å²) < 4.78 is 11.5. The van der Waals surface area contributed by atoms with Gasteiger partial charge in [0.15, 0.2) is 0 Å². The first-order chi connectivity index (χ1) is 9.81. The molecule has 106 valence electrons. The Morgan fingerprint density at radius 3 is 2.55 bits per heavy atom. The van der Waals surface area contributed by atoms with E-state index in [1.54, 1.807) is 0 Å². The van der Waals surface area contributed by atoms with Gasteiger partial charge in [-0.3, -0.25) is 0 Å². The summed E-state index contributed by atoms with van der Waals surface area (Å²) >= 11 is 3.65. The van der Waals surface area contributed by atoms with E-state index in [9.17, 15) is 0 Å². The third-order valence-electron chi connectivity index (χ3n) is 4.10. The van der Waals surface area contributed by atoms with Crippen LogP contribution in [-0.4, -0.2) is 25.2 Å². The zero-order chi connectivity index (χ0) is 13.8. The molecule has 3 heteroatoms. The minimum absolute atomic E-state index is 0.212. The first-order valence-electron chi connectivity index (χ1n) is 7.07. The standard InChI is InChI=1S/C17H19BrO2/c18-12-17(7-9-19-10-8-17)13-20-16-6-5-14-3-1-2-4-15(14)11-16/h1-6,11H,7-10,12-13H2. The predicted molar refractivity (Wildman–Crippen MR) is 85.7 cm³/mol. The Hall–Kier alpha value is -1.06. The number of benzene rings is 2. The Labute approximate surface area is 128 Å². The molecule has 20 heavy (non-hydrogen) atoms. The molecule has 0 radical (unpaired) electrons. The van der Waals surface area contributed by atoms with Gasteiger partial charge >= 0.3 is 0 Å². The molecule has 0 saturated carbocycles. The van der Waals surface area contributed by atoms with Gasteiger partial charge in [0.2, 0.25) is 0 Å². The van der Waals surface area contributed by atoms with Crippen molar-refractivity contribution in [2.45, 2.75) is 12.8 Å². The maximum Gasteiger partial charge on any atom is 0.119 e. The summed E-state index contributed by atoms with van der Waals surface area (Å²) in [6.07, 6.45) is 2.12. The highest BCUT2D eigenvalue weighted by atomic mass is 79.9. The molecule has 1 heterocycles. The fourth-order valence-electron chi connectivity index (χ4n) is 2.61. The Bertz CT molecular complexity index is 576. The lowest BCUT2D eigenvalue weighted by atomic mass is 9.83. The van der Waals surface area contributed by atoms with E-state index in [0.717, 1.165) is 43.7 Å². The van der Waals surface area contributed by atoms with Gasteiger partial charge in [0.1, 0.15) is 5.75 Å². The molecule has 0 unspecified atom stereocenters. The van der Waals surface area contributed by atoms with Gasteiger partial charge in [-0.05, 0) is 35.7 Å². The highest BCUT2D eigenvalue weighted by Gasteiger charge is 2.32. The molecule has 0 spiro atoms. The molecule has 2 aromatic rings. The fourth-order valence-corrected chi connectivity index (χ4v) is 3.34. The quantitative estimate of drug-likeness (QED) is 0.771. The third kappa shape index (κ3) is 2.99. The number of hydrogen-bond donors (Lipinski definition) is 0. The zero-order valence-electron chi connectivity index (χ0n) is 11.5. The van der Waals surface area contributed by atoms with E-state index in [-0.39, 0.29) is 5.41 Å². The summed E-state index contributed by atoms with van der Waals surface area (Å²) in [7, 11) is 0. The fraction of sp³-hybridized carbons (Fsp3) is 0.412. The maximum absolute atomic E-state index is 6.06. The molecule has 0 bridgehead atoms. The predicted octanol–water partition coefficient (Wildman–Crippen LogP) is 4.41. The van der Waals surface area contributed by atoms with Crippen LogP contribution in [0.4, 0.5) is 0 Å². The van der Waals surface area contributed by atoms with Gasteiger partial charge < -0.3 is 9.47 Å². The van der Waals surface area contributed by atoms with Gasteiger partial charge in [-0.25, -0.2) is 0 Å². The van der Waals surface area contributed by atoms with Crippen LogP contribution in [0.5, 0.6) is 5.75 Å². The monoisotopic (exact) mass is 334 g/mol. The van der Waals surface area contributed by atoms with E-state index in [4.69, 9.17) is 9.47 Å². The van der Waals surface area contributed by atoms with Crippen molar-refractivity contribution in [1.29, 1.82) is 0 Å². The lowest BCUT2D eigenvalue weighted by Gasteiger charge is -2.35. The SMILES string of the molecule is BrCC1(COc2ccc3ccccc3c2)CCOCC1. The zero-order valence-corrected chi connectivity index (χ0v) is 13.1. The molecule has 3 rings (SSSR count). The Kier molecular flexibility index (Phi) is 4.27. The van der Waals surface area contributed by atoms with Crippen LogP contribution in [0, 0.1) is 5.41 Å². The summed E-state index contributed by atoms with van der Waals surface area (Å²) in [6, 6.07) is 14.7. The van der Waals surface area contributed by atoms with Crippen molar-refractivity contribution >= 4 is 26.7 Å². The largest absolute Gasteiger partial charge is 0.493 e. The van der Waals surface area contributed by atoms with Crippen LogP contribution in [0.25, 0.3) is 10.8 Å². The van der Waals surface area contributed by atoms with Crippen molar-refractivity contribution in [3.8, 4) is 5.75 Å². The molecule has 0 aromatic heterocycles. The van der Waals surface area contributed by atoms with Crippen LogP contribution in [0.1, 0.15) is 12.8 Å². The number of rotatable bonds is 4. The highest BCUT2D eigenvalue weighted by molar-refractivity contribution is 9.09. The number of halogens is 1. The highest BCUT2D eigenvalue weighted by Crippen LogP contribution is 2.33. The molecule has 1 fully saturated rings. The second-order valence-electron chi connectivity index (χ2n) is 5.54. The Morgan fingerprint density at radius 1 is 1.05 bits per heavy atom. The molecule has 1 saturated heterocycles. The van der Waals surface area contributed by atoms with Crippen LogP contribution in [0.2, 0.25) is 0 Å². The van der Waals surface area contributed by atoms with Crippen molar-refractivity contribution < 1.29 is 9.47 Å². The minimum Gasteiger partial charge on any atom is -0.493 e. The molecular weight excluding hydrogens is 316 g/mol. The third-order valence-corrected chi connectivity index (χ3v) is 5.29. The lowest BCUT2D eigenvalue weighted by Crippen LogP contribution is -2.36. The molecule has 2 aromatic carbocycles. The van der Waals surface area contributed by atoms with Crippen molar-refractivity contribution in [2.75, 3.05) is 25.2 Å². The van der Waals surface area contributed by atoms with Crippen LogP contribution < -0.4 is 4.74 Å². The van der Waals surface area contributed by atoms with E-state index in [2.05, 4.69) is 58.4 Å². The molecule has 0 amide bonds. The molecule has 0 aliphatic carbocycles. The molecule has 1 aliphatic heterocycles. The van der Waals surface area contributed by atoms with E-state index >= 15 is 0 Å². The van der Waals surface area contributed by atoms with Gasteiger partial charge in [0.25, 0.3) is 0 Å². The molecule has 0 N–H and O–H groups in total. The number of alkyl halides is 1. The Balaban J connectivity index is 1.72. The average molecular weight is 335 g/mol. The van der Waals surface area contributed by atoms with Gasteiger partial charge in [-0.2, -0.15) is 0 Å². The van der Waals surface area contributed by atoms with Gasteiger partial charge in [-0.15, -0.1) is 0 Å².